The Balaban J connectivity index is 1.85. The molecule has 0 bridgehead atoms. The number of halogens is 3. The first kappa shape index (κ1) is 18.1. The van der Waals surface area contributed by atoms with Crippen LogP contribution >= 0.6 is 0 Å². The number of amides is 1. The van der Waals surface area contributed by atoms with Crippen molar-refractivity contribution in [3.05, 3.63) is 65.7 Å². The van der Waals surface area contributed by atoms with E-state index in [0.717, 1.165) is 11.8 Å². The van der Waals surface area contributed by atoms with E-state index >= 15 is 0 Å². The molecule has 1 fully saturated rings. The van der Waals surface area contributed by atoms with Gasteiger partial charge in [-0.2, -0.15) is 13.2 Å². The Morgan fingerprint density at radius 1 is 1.04 bits per heavy atom. The van der Waals surface area contributed by atoms with Gasteiger partial charge in [-0.15, -0.1) is 0 Å². The molecule has 1 aliphatic heterocycles. The van der Waals surface area contributed by atoms with Crippen LogP contribution in [0.25, 0.3) is 0 Å². The Kier molecular flexibility index (Phi) is 4.58. The molecule has 3 rings (SSSR count). The Labute approximate surface area is 148 Å². The van der Waals surface area contributed by atoms with Crippen molar-refractivity contribution in [2.24, 2.45) is 0 Å². The average molecular weight is 363 g/mol. The second-order valence-electron chi connectivity index (χ2n) is 6.08. The van der Waals surface area contributed by atoms with Crippen LogP contribution in [0.1, 0.15) is 22.8 Å². The van der Waals surface area contributed by atoms with Gasteiger partial charge < -0.3 is 9.64 Å². The zero-order chi connectivity index (χ0) is 18.9. The molecular formula is C19H16F3NO3. The molecule has 0 saturated carbocycles. The fourth-order valence-electron chi connectivity index (χ4n) is 2.76. The number of alkyl halides is 3. The molecule has 1 atom stereocenters. The predicted molar refractivity (Wildman–Crippen MR) is 89.1 cm³/mol. The molecule has 4 nitrogen and oxygen atoms in total. The summed E-state index contributed by atoms with van der Waals surface area (Å²) < 4.78 is 44.4. The number of nitrogens with zero attached hydrogens (tertiary/aromatic N) is 1. The summed E-state index contributed by atoms with van der Waals surface area (Å²) in [4.78, 5) is 25.8. The van der Waals surface area contributed by atoms with Crippen LogP contribution in [0.4, 0.5) is 18.9 Å². The predicted octanol–water partition coefficient (Wildman–Crippen LogP) is 3.60. The monoisotopic (exact) mass is 363 g/mol. The number of rotatable bonds is 3. The van der Waals surface area contributed by atoms with E-state index in [9.17, 15) is 22.8 Å². The lowest BCUT2D eigenvalue weighted by molar-refractivity contribution is -0.263. The summed E-state index contributed by atoms with van der Waals surface area (Å²) in [6.45, 7) is 0.512. The third-order valence-electron chi connectivity index (χ3n) is 4.38. The number of ether oxygens (including phenoxy) is 1. The first-order chi connectivity index (χ1) is 12.2. The fraction of sp³-hybridized carbons (Fsp3) is 0.263. The van der Waals surface area contributed by atoms with Gasteiger partial charge in [0.2, 0.25) is 5.60 Å². The van der Waals surface area contributed by atoms with Gasteiger partial charge in [0.1, 0.15) is 0 Å². The topological polar surface area (TPSA) is 46.6 Å². The zero-order valence-corrected chi connectivity index (χ0v) is 13.9. The van der Waals surface area contributed by atoms with Crippen molar-refractivity contribution in [3.8, 4) is 0 Å². The number of hydrogen-bond acceptors (Lipinski definition) is 3. The van der Waals surface area contributed by atoms with Crippen LogP contribution in [-0.4, -0.2) is 36.6 Å². The minimum Gasteiger partial charge on any atom is -0.355 e. The van der Waals surface area contributed by atoms with E-state index < -0.39 is 17.7 Å². The van der Waals surface area contributed by atoms with Crippen LogP contribution in [0, 0.1) is 0 Å². The molecule has 26 heavy (non-hydrogen) atoms. The van der Waals surface area contributed by atoms with E-state index in [1.54, 1.807) is 30.3 Å². The van der Waals surface area contributed by atoms with Gasteiger partial charge in [-0.3, -0.25) is 9.59 Å². The zero-order valence-electron chi connectivity index (χ0n) is 13.9. The molecule has 0 aliphatic carbocycles. The molecule has 2 aromatic rings. The molecule has 0 radical (unpaired) electrons. The highest BCUT2D eigenvalue weighted by Gasteiger charge is 2.61. The molecule has 2 aromatic carbocycles. The first-order valence-corrected chi connectivity index (χ1v) is 7.96. The largest absolute Gasteiger partial charge is 0.426 e. The lowest BCUT2D eigenvalue weighted by atomic mass is 10.0. The van der Waals surface area contributed by atoms with Crippen LogP contribution in [0.5, 0.6) is 0 Å². The highest BCUT2D eigenvalue weighted by atomic mass is 19.4. The Bertz CT molecular complexity index is 818. The second kappa shape index (κ2) is 6.57. The minimum atomic E-state index is -4.81. The van der Waals surface area contributed by atoms with E-state index in [-0.39, 0.29) is 18.9 Å². The first-order valence-electron chi connectivity index (χ1n) is 7.96. The molecule has 0 spiro atoms. The maximum absolute atomic E-state index is 13.2. The van der Waals surface area contributed by atoms with Gasteiger partial charge in [-0.25, -0.2) is 0 Å². The second-order valence-corrected chi connectivity index (χ2v) is 6.08. The van der Waals surface area contributed by atoms with Gasteiger partial charge in [0.05, 0.1) is 6.61 Å². The van der Waals surface area contributed by atoms with E-state index in [4.69, 9.17) is 4.74 Å². The highest BCUT2D eigenvalue weighted by Crippen LogP contribution is 2.38. The van der Waals surface area contributed by atoms with E-state index in [1.807, 2.05) is 0 Å². The molecule has 7 heteroatoms. The summed E-state index contributed by atoms with van der Waals surface area (Å²) in [5.74, 6) is -1.37. The molecule has 0 N–H and O–H groups in total. The van der Waals surface area contributed by atoms with Crippen LogP contribution in [0.2, 0.25) is 0 Å². The molecular weight excluding hydrogens is 347 g/mol. The van der Waals surface area contributed by atoms with Crippen LogP contribution in [-0.2, 0) is 9.53 Å². The summed E-state index contributed by atoms with van der Waals surface area (Å²) in [7, 11) is 0. The Morgan fingerprint density at radius 3 is 2.19 bits per heavy atom. The van der Waals surface area contributed by atoms with Crippen molar-refractivity contribution in [3.63, 3.8) is 0 Å². The third-order valence-corrected chi connectivity index (χ3v) is 4.38. The van der Waals surface area contributed by atoms with Crippen molar-refractivity contribution in [1.82, 2.24) is 0 Å². The molecule has 1 heterocycles. The lowest BCUT2D eigenvalue weighted by Gasteiger charge is -2.40. The van der Waals surface area contributed by atoms with Gasteiger partial charge in [0, 0.05) is 23.4 Å². The molecule has 1 unspecified atom stereocenters. The summed E-state index contributed by atoms with van der Waals surface area (Å²) >= 11 is 0. The summed E-state index contributed by atoms with van der Waals surface area (Å²) in [6, 6.07) is 14.6. The number of anilines is 1. The fourth-order valence-corrected chi connectivity index (χ4v) is 2.76. The smallest absolute Gasteiger partial charge is 0.355 e. The standard InChI is InChI=1S/C19H16F3NO3/c1-18(19(20,21)22)17(25)23(11-12-26-18)15-9-7-14(8-10-15)16(24)13-5-3-2-4-6-13/h2-10H,11-12H2,1H3. The molecule has 136 valence electrons. The van der Waals surface area contributed by atoms with Crippen LogP contribution in [0.3, 0.4) is 0 Å². The van der Waals surface area contributed by atoms with E-state index in [2.05, 4.69) is 0 Å². The lowest BCUT2D eigenvalue weighted by Crippen LogP contribution is -2.62. The molecule has 1 amide bonds. The number of hydrogen-bond donors (Lipinski definition) is 0. The van der Waals surface area contributed by atoms with Crippen molar-refractivity contribution >= 4 is 17.4 Å². The molecule has 1 aliphatic rings. The average Bonchev–Trinajstić information content (AvgIpc) is 2.63. The van der Waals surface area contributed by atoms with Crippen molar-refractivity contribution < 1.29 is 27.5 Å². The molecule has 1 saturated heterocycles. The van der Waals surface area contributed by atoms with Crippen molar-refractivity contribution in [2.45, 2.75) is 18.7 Å². The van der Waals surface area contributed by atoms with Crippen LogP contribution < -0.4 is 4.90 Å². The number of morpholine rings is 1. The number of carbonyl (C=O) groups is 2. The van der Waals surface area contributed by atoms with Crippen molar-refractivity contribution in [1.29, 1.82) is 0 Å². The quantitative estimate of drug-likeness (QED) is 0.783. The normalized spacial score (nSPS) is 20.9. The van der Waals surface area contributed by atoms with E-state index in [0.29, 0.717) is 16.8 Å². The summed E-state index contributed by atoms with van der Waals surface area (Å²) in [5, 5.41) is 0. The van der Waals surface area contributed by atoms with Gasteiger partial charge in [-0.05, 0) is 31.2 Å². The number of carbonyl (C=O) groups excluding carboxylic acids is 2. The van der Waals surface area contributed by atoms with Gasteiger partial charge in [-0.1, -0.05) is 30.3 Å². The van der Waals surface area contributed by atoms with E-state index in [1.165, 1.54) is 24.3 Å². The SMILES string of the molecule is CC1(C(F)(F)F)OCCN(c2ccc(C(=O)c3ccccc3)cc2)C1=O. The Hall–Kier alpha value is -2.67. The maximum Gasteiger partial charge on any atom is 0.426 e. The van der Waals surface area contributed by atoms with Gasteiger partial charge >= 0.3 is 6.18 Å². The van der Waals surface area contributed by atoms with Crippen molar-refractivity contribution in [2.75, 3.05) is 18.1 Å². The number of benzene rings is 2. The maximum atomic E-state index is 13.2. The molecule has 0 aromatic heterocycles. The van der Waals surface area contributed by atoms with Gasteiger partial charge in [0.15, 0.2) is 5.78 Å². The summed E-state index contributed by atoms with van der Waals surface area (Å²) in [5.41, 5.74) is -1.69. The highest BCUT2D eigenvalue weighted by molar-refractivity contribution is 6.09. The van der Waals surface area contributed by atoms with Gasteiger partial charge in [0.25, 0.3) is 5.91 Å². The number of ketones is 1. The summed E-state index contributed by atoms with van der Waals surface area (Å²) in [6.07, 6.45) is -4.81. The van der Waals surface area contributed by atoms with Crippen LogP contribution in [0.15, 0.2) is 54.6 Å². The third kappa shape index (κ3) is 3.10. The minimum absolute atomic E-state index is 0.0104. The Morgan fingerprint density at radius 2 is 1.62 bits per heavy atom.